The Morgan fingerprint density at radius 2 is 0.838 bits per heavy atom. The molecule has 0 unspecified atom stereocenters. The molecule has 2 rings (SSSR count). The first-order valence-electron chi connectivity index (χ1n) is 32.6. The smallest absolute Gasteiger partial charge is 0.326 e. The molecule has 99 heavy (non-hydrogen) atoms. The summed E-state index contributed by atoms with van der Waals surface area (Å²) in [6.45, 7) is 12.0. The van der Waals surface area contributed by atoms with Crippen molar-refractivity contribution in [3.05, 3.63) is 29.8 Å². The zero-order chi connectivity index (χ0) is 74.8. The monoisotopic (exact) mass is 1430 g/mol. The van der Waals surface area contributed by atoms with Crippen LogP contribution in [0.15, 0.2) is 29.2 Å². The third-order valence-electron chi connectivity index (χ3n) is 16.2. The van der Waals surface area contributed by atoms with Gasteiger partial charge >= 0.3 is 53.8 Å². The number of rotatable bonds is 43. The van der Waals surface area contributed by atoms with E-state index in [4.69, 9.17) is 5.11 Å². The van der Waals surface area contributed by atoms with Crippen LogP contribution in [0.2, 0.25) is 0 Å². The Labute approximate surface area is 574 Å². The van der Waals surface area contributed by atoms with Crippen LogP contribution in [0.4, 0.5) is 4.79 Å². The van der Waals surface area contributed by atoms with E-state index in [0.29, 0.717) is 18.0 Å². The maximum atomic E-state index is 14.6. The van der Waals surface area contributed by atoms with E-state index in [-0.39, 0.29) is 142 Å². The number of benzene rings is 1. The second-order valence-corrected chi connectivity index (χ2v) is 30.6. The number of amides is 7. The van der Waals surface area contributed by atoms with Gasteiger partial charge in [-0.2, -0.15) is 0 Å². The highest BCUT2D eigenvalue weighted by atomic mass is 32.2. The molecule has 0 saturated carbocycles. The molecule has 1 aromatic carbocycles. The maximum Gasteiger partial charge on any atom is 0.326 e. The van der Waals surface area contributed by atoms with Gasteiger partial charge in [-0.1, -0.05) is 51.5 Å². The van der Waals surface area contributed by atoms with Crippen LogP contribution >= 0.6 is 0 Å². The quantitative estimate of drug-likeness (QED) is 0.0280. The number of hydrogen-bond donors (Lipinski definition) is 16. The van der Waals surface area contributed by atoms with Crippen molar-refractivity contribution in [3.63, 3.8) is 0 Å². The fourth-order valence-corrected chi connectivity index (χ4v) is 15.2. The number of carboxylic acid groups (broad SMARTS) is 8. The van der Waals surface area contributed by atoms with E-state index in [0.717, 1.165) is 0 Å². The average Bonchev–Trinajstić information content (AvgIpc) is 0.749. The first kappa shape index (κ1) is 86.3. The lowest BCUT2D eigenvalue weighted by Crippen LogP contribution is -2.51. The van der Waals surface area contributed by atoms with E-state index in [1.165, 1.54) is 12.1 Å². The third-order valence-corrected chi connectivity index (χ3v) is 21.1. The van der Waals surface area contributed by atoms with E-state index in [2.05, 4.69) is 26.6 Å². The summed E-state index contributed by atoms with van der Waals surface area (Å²) in [6.07, 6.45) is -3.09. The van der Waals surface area contributed by atoms with Gasteiger partial charge in [0.15, 0.2) is 0 Å². The molecule has 0 aromatic heterocycles. The maximum absolute atomic E-state index is 14.6. The minimum Gasteiger partial charge on any atom is -0.481 e. The number of carboxylic acids is 8. The van der Waals surface area contributed by atoms with Gasteiger partial charge in [0.2, 0.25) is 23.6 Å². The minimum atomic E-state index is -3.09. The van der Waals surface area contributed by atoms with Gasteiger partial charge in [-0.15, -0.1) is 0 Å². The molecule has 1 fully saturated rings. The number of ketones is 1. The topological polar surface area (TPSA) is 532 Å². The van der Waals surface area contributed by atoms with E-state index in [9.17, 15) is 112 Å². The van der Waals surface area contributed by atoms with E-state index in [1.54, 1.807) is 26.8 Å². The molecule has 36 heteroatoms. The Kier molecular flexibility index (Phi) is 37.4. The number of thiol groups is 1. The van der Waals surface area contributed by atoms with Crippen molar-refractivity contribution >= 4 is 99.0 Å². The molecule has 5 atom stereocenters. The summed E-state index contributed by atoms with van der Waals surface area (Å²) in [6, 6.07) is -1.39. The van der Waals surface area contributed by atoms with Crippen LogP contribution in [0, 0.1) is 5.92 Å². The van der Waals surface area contributed by atoms with Gasteiger partial charge < -0.3 is 83.0 Å². The fraction of sp³-hybridized carbons (Fsp3) is 0.667. The molecule has 1 saturated heterocycles. The number of Topliss-reactive ketones (excluding diaryl/α,β-unsaturated/α-hetero) is 1. The normalized spacial score (nSPS) is 15.7. The number of aliphatic carboxylic acids is 8. The molecule has 7 amide bonds. The number of unbranched alkanes of at least 4 members (excludes halogenated alkanes) is 1. The third kappa shape index (κ3) is 33.6. The standard InChI is InChI=1S/C63H101N11O24S/c1-62(2,3)99(98,63(4,5)6)43-16-14-40(15-17-43)55(87)66-36-41(35-42(75)11-10-26-71-27-29-72(37-52(81)82)31-33-74(39-54(85)86)34-32-73(30-28-71)38-53(83)84)56(88)68-45(58(91)92)12-7-8-24-64-48(76)21-22-49(77)65-25-9-13-44(57(89)90)67-50(78)20-18-46(59(93)94)69-61(97)70-47(60(95)96)19-23-51(79)80/h14-17,41,44-47,99H,7-13,18-39H2,1-6H3,(H,64,76)(H,65,77)(H,66,87)(H,67,78)(H,68,88)(H,79,80)(H,81,82)(H,83,84)(H,85,86)(H,89,90)(H,91,92)(H,93,94)(H,95,96)(H2,69,70,97)/t41-,44-,45-,46+,47+/m1/s1. The second kappa shape index (κ2) is 42.9. The summed E-state index contributed by atoms with van der Waals surface area (Å²) in [5, 5.41) is 92.6. The lowest BCUT2D eigenvalue weighted by molar-refractivity contribution is -0.143. The summed E-state index contributed by atoms with van der Waals surface area (Å²) < 4.78 is 13.4. The van der Waals surface area contributed by atoms with Crippen LogP contribution in [0.1, 0.15) is 142 Å². The molecule has 0 aliphatic carbocycles. The van der Waals surface area contributed by atoms with E-state index in [1.807, 2.05) is 57.1 Å². The Morgan fingerprint density at radius 1 is 0.434 bits per heavy atom. The van der Waals surface area contributed by atoms with Gasteiger partial charge in [0, 0.05) is 130 Å². The Morgan fingerprint density at radius 3 is 1.26 bits per heavy atom. The lowest BCUT2D eigenvalue weighted by Gasteiger charge is -2.46. The van der Waals surface area contributed by atoms with Crippen LogP contribution in [0.25, 0.3) is 0 Å². The van der Waals surface area contributed by atoms with Crippen LogP contribution in [-0.4, -0.2) is 286 Å². The largest absolute Gasteiger partial charge is 0.481 e. The van der Waals surface area contributed by atoms with Gasteiger partial charge in [-0.05, 0) is 82.2 Å². The molecule has 0 bridgehead atoms. The second-order valence-electron chi connectivity index (χ2n) is 26.2. The summed E-state index contributed by atoms with van der Waals surface area (Å²) in [5.74, 6) is -16.0. The molecule has 1 heterocycles. The number of urea groups is 1. The predicted octanol–water partition coefficient (Wildman–Crippen LogP) is -0.828. The Balaban J connectivity index is 2.07. The molecule has 1 aromatic rings. The molecule has 15 N–H and O–H groups in total. The van der Waals surface area contributed by atoms with Gasteiger partial charge in [0.05, 0.1) is 25.6 Å². The fourth-order valence-electron chi connectivity index (χ4n) is 11.0. The Bertz CT molecular complexity index is 2960. The number of carbonyl (C=O) groups excluding carboxylic acids is 7. The molecule has 35 nitrogen and oxygen atoms in total. The van der Waals surface area contributed by atoms with E-state index < -0.39 is 177 Å². The van der Waals surface area contributed by atoms with Crippen molar-refractivity contribution < 1.29 is 117 Å². The highest BCUT2D eigenvalue weighted by Crippen LogP contribution is 2.42. The first-order chi connectivity index (χ1) is 46.2. The highest BCUT2D eigenvalue weighted by Gasteiger charge is 2.42. The van der Waals surface area contributed by atoms with Gasteiger partial charge in [-0.3, -0.25) is 66.9 Å². The molecule has 0 spiro atoms. The zero-order valence-electron chi connectivity index (χ0n) is 57.0. The van der Waals surface area contributed by atoms with Crippen LogP contribution in [0.5, 0.6) is 0 Å². The summed E-state index contributed by atoms with van der Waals surface area (Å²) in [5.41, 5.74) is 0.155. The van der Waals surface area contributed by atoms with Crippen molar-refractivity contribution in [2.75, 3.05) is 98.2 Å². The van der Waals surface area contributed by atoms with Gasteiger partial charge in [0.1, 0.15) is 30.0 Å². The summed E-state index contributed by atoms with van der Waals surface area (Å²) in [7, 11) is -3.09. The van der Waals surface area contributed by atoms with Crippen LogP contribution < -0.4 is 37.2 Å². The SMILES string of the molecule is CC(C)(C)[SH](=O)(c1ccc(C(=O)NC[C@@H](CC(=O)CCCN2CCN(CC(=O)O)CCN(CC(=O)O)CCN(CC(=O)O)CC2)C(=O)N[C@H](CCCCNC(=O)CCC(=O)NCCC[C@@H](NC(=O)CC[C@H](NC(=O)N[C@@H](CCC(=O)O)C(=O)O)C(=O)O)C(=O)O)C(=O)O)cc1)C(C)(C)C. The van der Waals surface area contributed by atoms with Crippen molar-refractivity contribution in [2.24, 2.45) is 5.92 Å². The molecular weight excluding hydrogens is 1330 g/mol. The number of nitrogens with one attached hydrogen (secondary N) is 7. The van der Waals surface area contributed by atoms with Gasteiger partial charge in [0.25, 0.3) is 5.91 Å². The number of hydrogen-bond acceptors (Lipinski definition) is 20. The number of nitrogens with zero attached hydrogens (tertiary/aromatic N) is 4. The van der Waals surface area contributed by atoms with E-state index >= 15 is 0 Å². The van der Waals surface area contributed by atoms with Crippen LogP contribution in [-0.2, 0) is 72.3 Å². The van der Waals surface area contributed by atoms with Crippen molar-refractivity contribution in [2.45, 2.75) is 170 Å². The zero-order valence-corrected chi connectivity index (χ0v) is 57.9. The highest BCUT2D eigenvalue weighted by molar-refractivity contribution is 8.05. The van der Waals surface area contributed by atoms with Crippen molar-refractivity contribution in [1.29, 1.82) is 0 Å². The predicted molar refractivity (Wildman–Crippen MR) is 355 cm³/mol. The van der Waals surface area contributed by atoms with Gasteiger partial charge in [-0.25, -0.2) is 24.0 Å². The van der Waals surface area contributed by atoms with Crippen molar-refractivity contribution in [1.82, 2.24) is 56.8 Å². The summed E-state index contributed by atoms with van der Waals surface area (Å²) in [4.78, 5) is 193. The Hall–Kier alpha value is -8.74. The molecular formula is C63H101N11O24S. The molecule has 558 valence electrons. The molecule has 0 radical (unpaired) electrons. The molecule has 1 aliphatic rings. The minimum absolute atomic E-state index is 0.0217. The number of carbonyl (C=O) groups is 15. The lowest BCUT2D eigenvalue weighted by atomic mass is 9.97. The van der Waals surface area contributed by atoms with Crippen molar-refractivity contribution in [3.8, 4) is 0 Å². The van der Waals surface area contributed by atoms with Crippen LogP contribution in [0.3, 0.4) is 0 Å². The molecule has 1 aliphatic heterocycles. The average molecular weight is 1430 g/mol. The summed E-state index contributed by atoms with van der Waals surface area (Å²) >= 11 is 0. The first-order valence-corrected chi connectivity index (χ1v) is 34.3.